The molecule has 0 atom stereocenters. The average Bonchev–Trinajstić information content (AvgIpc) is 3.30. The Labute approximate surface area is 156 Å². The van der Waals surface area contributed by atoms with Gasteiger partial charge in [0.1, 0.15) is 0 Å². The second-order valence-corrected chi connectivity index (χ2v) is 7.67. The first-order valence-electron chi connectivity index (χ1n) is 8.27. The Kier molecular flexibility index (Phi) is 8.65. The summed E-state index contributed by atoms with van der Waals surface area (Å²) >= 11 is 3.28. The molecule has 5 nitrogen and oxygen atoms in total. The number of rotatable bonds is 11. The fourth-order valence-electron chi connectivity index (χ4n) is 2.32. The van der Waals surface area contributed by atoms with Crippen LogP contribution in [0.4, 0.5) is 0 Å². The second kappa shape index (κ2) is 11.0. The molecule has 0 aliphatic carbocycles. The van der Waals surface area contributed by atoms with Gasteiger partial charge in [-0.05, 0) is 29.3 Å². The smallest absolute Gasteiger partial charge is 0.223 e. The highest BCUT2D eigenvalue weighted by molar-refractivity contribution is 7.10. The second-order valence-electron chi connectivity index (χ2n) is 5.60. The number of carbonyl (C=O) groups is 2. The molecule has 2 heterocycles. The van der Waals surface area contributed by atoms with Gasteiger partial charge in [0.25, 0.3) is 0 Å². The van der Waals surface area contributed by atoms with Crippen molar-refractivity contribution in [2.45, 2.75) is 32.4 Å². The van der Waals surface area contributed by atoms with Crippen molar-refractivity contribution in [3.05, 3.63) is 44.8 Å². The first-order chi connectivity index (χ1) is 12.2. The normalized spacial score (nSPS) is 10.6. The van der Waals surface area contributed by atoms with Crippen molar-refractivity contribution in [1.29, 1.82) is 0 Å². The molecule has 2 rings (SSSR count). The highest BCUT2D eigenvalue weighted by atomic mass is 32.1. The van der Waals surface area contributed by atoms with Crippen LogP contribution in [0.15, 0.2) is 35.0 Å². The Morgan fingerprint density at radius 1 is 1.08 bits per heavy atom. The third-order valence-electron chi connectivity index (χ3n) is 3.62. The van der Waals surface area contributed by atoms with E-state index in [9.17, 15) is 9.59 Å². The summed E-state index contributed by atoms with van der Waals surface area (Å²) in [6, 6.07) is 8.03. The molecule has 25 heavy (non-hydrogen) atoms. The number of thiophene rings is 2. The molecule has 0 spiro atoms. The van der Waals surface area contributed by atoms with Gasteiger partial charge in [0, 0.05) is 42.9 Å². The lowest BCUT2D eigenvalue weighted by molar-refractivity contribution is -0.134. The molecule has 136 valence electrons. The van der Waals surface area contributed by atoms with E-state index in [2.05, 4.69) is 5.32 Å². The Balaban J connectivity index is 1.83. The molecule has 0 bridgehead atoms. The van der Waals surface area contributed by atoms with Crippen molar-refractivity contribution in [3.63, 3.8) is 0 Å². The predicted octanol–water partition coefficient (Wildman–Crippen LogP) is 3.27. The molecule has 0 unspecified atom stereocenters. The topological polar surface area (TPSA) is 58.6 Å². The monoisotopic (exact) mass is 380 g/mol. The highest BCUT2D eigenvalue weighted by Crippen LogP contribution is 2.18. The van der Waals surface area contributed by atoms with Gasteiger partial charge in [0.05, 0.1) is 13.1 Å². The molecular formula is C18H24N2O3S2. The molecule has 0 saturated heterocycles. The van der Waals surface area contributed by atoms with Gasteiger partial charge < -0.3 is 15.0 Å². The Morgan fingerprint density at radius 3 is 2.24 bits per heavy atom. The van der Waals surface area contributed by atoms with Crippen LogP contribution in [0.1, 0.15) is 29.0 Å². The lowest BCUT2D eigenvalue weighted by atomic mass is 10.2. The van der Waals surface area contributed by atoms with Crippen LogP contribution >= 0.6 is 22.7 Å². The van der Waals surface area contributed by atoms with Gasteiger partial charge in [-0.2, -0.15) is 0 Å². The molecule has 2 aromatic rings. The van der Waals surface area contributed by atoms with Gasteiger partial charge in [-0.25, -0.2) is 0 Å². The molecular weight excluding hydrogens is 356 g/mol. The maximum absolute atomic E-state index is 12.6. The summed E-state index contributed by atoms with van der Waals surface area (Å²) in [5, 5.41) is 6.84. The van der Waals surface area contributed by atoms with E-state index < -0.39 is 0 Å². The molecule has 2 amide bonds. The number of amides is 2. The predicted molar refractivity (Wildman–Crippen MR) is 102 cm³/mol. The average molecular weight is 381 g/mol. The molecule has 0 saturated carbocycles. The van der Waals surface area contributed by atoms with Gasteiger partial charge >= 0.3 is 0 Å². The summed E-state index contributed by atoms with van der Waals surface area (Å²) in [6.45, 7) is 2.37. The zero-order valence-corrected chi connectivity index (χ0v) is 16.0. The molecule has 0 aromatic carbocycles. The summed E-state index contributed by atoms with van der Waals surface area (Å²) in [6.07, 6.45) is 1.23. The maximum Gasteiger partial charge on any atom is 0.223 e. The minimum Gasteiger partial charge on any atom is -0.385 e. The van der Waals surface area contributed by atoms with E-state index in [1.165, 1.54) is 0 Å². The number of hydrogen-bond acceptors (Lipinski definition) is 5. The Morgan fingerprint density at radius 2 is 1.72 bits per heavy atom. The Bertz CT molecular complexity index is 591. The van der Waals surface area contributed by atoms with E-state index >= 15 is 0 Å². The van der Waals surface area contributed by atoms with Crippen LogP contribution in [0, 0.1) is 0 Å². The zero-order chi connectivity index (χ0) is 17.9. The molecule has 0 radical (unpaired) electrons. The van der Waals surface area contributed by atoms with Gasteiger partial charge in [-0.1, -0.05) is 12.1 Å². The van der Waals surface area contributed by atoms with E-state index in [1.54, 1.807) is 29.8 Å². The number of methoxy groups -OCH3 is 1. The van der Waals surface area contributed by atoms with E-state index in [0.29, 0.717) is 26.2 Å². The summed E-state index contributed by atoms with van der Waals surface area (Å²) in [7, 11) is 1.64. The third-order valence-corrected chi connectivity index (χ3v) is 5.34. The molecule has 0 fully saturated rings. The molecule has 7 heteroatoms. The quantitative estimate of drug-likeness (QED) is 0.609. The number of carbonyl (C=O) groups excluding carboxylic acids is 2. The highest BCUT2D eigenvalue weighted by Gasteiger charge is 2.17. The van der Waals surface area contributed by atoms with Crippen molar-refractivity contribution >= 4 is 34.5 Å². The number of hydrogen-bond donors (Lipinski definition) is 1. The molecule has 2 aromatic heterocycles. The van der Waals surface area contributed by atoms with E-state index in [1.807, 2.05) is 39.9 Å². The summed E-state index contributed by atoms with van der Waals surface area (Å²) in [4.78, 5) is 28.6. The number of ether oxygens (including phenoxy) is 1. The van der Waals surface area contributed by atoms with Gasteiger partial charge in [-0.3, -0.25) is 9.59 Å². The van der Waals surface area contributed by atoms with Crippen molar-refractivity contribution in [1.82, 2.24) is 10.2 Å². The summed E-state index contributed by atoms with van der Waals surface area (Å²) < 4.78 is 4.94. The van der Waals surface area contributed by atoms with Crippen molar-refractivity contribution < 1.29 is 14.3 Å². The molecule has 0 aliphatic heterocycles. The third kappa shape index (κ3) is 7.37. The molecule has 1 N–H and O–H groups in total. The number of nitrogens with zero attached hydrogens (tertiary/aromatic N) is 1. The van der Waals surface area contributed by atoms with Crippen molar-refractivity contribution in [3.8, 4) is 0 Å². The minimum absolute atomic E-state index is 0.00819. The Hall–Kier alpha value is -1.70. The van der Waals surface area contributed by atoms with Crippen LogP contribution in [0.3, 0.4) is 0 Å². The lowest BCUT2D eigenvalue weighted by Crippen LogP contribution is -2.31. The standard InChI is InChI=1S/C18H24N2O3S2/c1-23-10-4-9-19-17(21)7-8-18(22)20(13-15-5-2-11-24-15)14-16-6-3-12-25-16/h2-3,5-6,11-12H,4,7-10,13-14H2,1H3,(H,19,21). The largest absolute Gasteiger partial charge is 0.385 e. The van der Waals surface area contributed by atoms with Crippen molar-refractivity contribution in [2.24, 2.45) is 0 Å². The van der Waals surface area contributed by atoms with Gasteiger partial charge in [0.15, 0.2) is 0 Å². The maximum atomic E-state index is 12.6. The first kappa shape index (κ1) is 19.6. The molecule has 0 aliphatic rings. The minimum atomic E-state index is -0.0864. The van der Waals surface area contributed by atoms with Crippen LogP contribution < -0.4 is 5.32 Å². The lowest BCUT2D eigenvalue weighted by Gasteiger charge is -2.21. The fraction of sp³-hybridized carbons (Fsp3) is 0.444. The van der Waals surface area contributed by atoms with Crippen molar-refractivity contribution in [2.75, 3.05) is 20.3 Å². The van der Waals surface area contributed by atoms with E-state index in [0.717, 1.165) is 16.2 Å². The van der Waals surface area contributed by atoms with Gasteiger partial charge in [0.2, 0.25) is 11.8 Å². The SMILES string of the molecule is COCCCNC(=O)CCC(=O)N(Cc1cccs1)Cc1cccs1. The van der Waals surface area contributed by atoms with Crippen LogP contribution in [0.2, 0.25) is 0 Å². The van der Waals surface area contributed by atoms with Crippen LogP contribution in [0.5, 0.6) is 0 Å². The van der Waals surface area contributed by atoms with E-state index in [4.69, 9.17) is 4.74 Å². The first-order valence-corrected chi connectivity index (χ1v) is 10.0. The van der Waals surface area contributed by atoms with E-state index in [-0.39, 0.29) is 24.7 Å². The summed E-state index contributed by atoms with van der Waals surface area (Å²) in [5.74, 6) is -0.0782. The summed E-state index contributed by atoms with van der Waals surface area (Å²) in [5.41, 5.74) is 0. The fourth-order valence-corrected chi connectivity index (χ4v) is 3.76. The van der Waals surface area contributed by atoms with Crippen LogP contribution in [-0.2, 0) is 27.4 Å². The number of nitrogens with one attached hydrogen (secondary N) is 1. The van der Waals surface area contributed by atoms with Crippen LogP contribution in [-0.4, -0.2) is 37.0 Å². The van der Waals surface area contributed by atoms with Crippen LogP contribution in [0.25, 0.3) is 0 Å². The zero-order valence-electron chi connectivity index (χ0n) is 14.4. The van der Waals surface area contributed by atoms with Gasteiger partial charge in [-0.15, -0.1) is 22.7 Å².